The highest BCUT2D eigenvalue weighted by molar-refractivity contribution is 7.13. The van der Waals surface area contributed by atoms with E-state index in [4.69, 9.17) is 4.74 Å². The van der Waals surface area contributed by atoms with Crippen molar-refractivity contribution >= 4 is 17.2 Å². The van der Waals surface area contributed by atoms with Gasteiger partial charge in [-0.15, -0.1) is 0 Å². The van der Waals surface area contributed by atoms with Crippen molar-refractivity contribution in [1.82, 2.24) is 25.4 Å². The number of nitrogens with zero attached hydrogens (tertiary/aromatic N) is 3. The number of aromatic amines is 1. The predicted molar refractivity (Wildman–Crippen MR) is 134 cm³/mol. The number of carbonyl (C=O) groups is 1. The molecule has 2 fully saturated rings. The molecule has 0 bridgehead atoms. The van der Waals surface area contributed by atoms with Gasteiger partial charge in [0.25, 0.3) is 5.19 Å². The van der Waals surface area contributed by atoms with Gasteiger partial charge in [0.1, 0.15) is 12.3 Å². The lowest BCUT2D eigenvalue weighted by Gasteiger charge is -2.32. The maximum absolute atomic E-state index is 14.6. The summed E-state index contributed by atoms with van der Waals surface area (Å²) in [7, 11) is 0. The van der Waals surface area contributed by atoms with Gasteiger partial charge in [-0.05, 0) is 89.7 Å². The van der Waals surface area contributed by atoms with E-state index in [0.29, 0.717) is 11.6 Å². The van der Waals surface area contributed by atoms with Crippen molar-refractivity contribution in [2.75, 3.05) is 19.7 Å². The second-order valence-corrected chi connectivity index (χ2v) is 12.1. The number of amides is 1. The summed E-state index contributed by atoms with van der Waals surface area (Å²) in [6, 6.07) is 2.21. The molecular formula is C26H38FN5O2S. The average molecular weight is 504 g/mol. The number of carbonyl (C=O) groups excluding carboxylic acids is 1. The van der Waals surface area contributed by atoms with Gasteiger partial charge in [0.05, 0.1) is 17.8 Å². The first-order valence-corrected chi connectivity index (χ1v) is 14.0. The predicted octanol–water partition coefficient (Wildman–Crippen LogP) is 4.36. The molecular weight excluding hydrogens is 465 g/mol. The standard InChI is InChI=1S/C26H38FN5O2S/c1-17-13-21(31-30-17)14-24(33)28-20-7-3-18(4-8-20)9-11-32-12-10-23-22(15-32)29-25(35-23)34-16-26(2,27)19-5-6-19/h13,18-20H,3-12,14-16H2,1-2H3,(H,28,33)(H,30,31). The van der Waals surface area contributed by atoms with Crippen LogP contribution >= 0.6 is 11.3 Å². The van der Waals surface area contributed by atoms with Crippen molar-refractivity contribution in [3.63, 3.8) is 0 Å². The fraction of sp³-hybridized carbons (Fsp3) is 0.731. The first-order valence-electron chi connectivity index (χ1n) is 13.2. The molecule has 3 aliphatic rings. The van der Waals surface area contributed by atoms with Crippen LogP contribution in [0.25, 0.3) is 0 Å². The van der Waals surface area contributed by atoms with Gasteiger partial charge in [-0.2, -0.15) is 5.10 Å². The minimum Gasteiger partial charge on any atom is -0.467 e. The minimum atomic E-state index is -1.24. The van der Waals surface area contributed by atoms with Crippen molar-refractivity contribution in [1.29, 1.82) is 0 Å². The van der Waals surface area contributed by atoms with Crippen LogP contribution in [0.5, 0.6) is 5.19 Å². The van der Waals surface area contributed by atoms with E-state index in [1.54, 1.807) is 18.3 Å². The molecule has 0 spiro atoms. The Bertz CT molecular complexity index is 1010. The molecule has 1 unspecified atom stereocenters. The molecule has 35 heavy (non-hydrogen) atoms. The van der Waals surface area contributed by atoms with E-state index in [2.05, 4.69) is 25.4 Å². The number of nitrogens with one attached hydrogen (secondary N) is 2. The first kappa shape index (κ1) is 24.7. The van der Waals surface area contributed by atoms with Gasteiger partial charge in [-0.25, -0.2) is 9.37 Å². The van der Waals surface area contributed by atoms with E-state index in [9.17, 15) is 9.18 Å². The molecule has 5 rings (SSSR count). The number of ether oxygens (including phenoxy) is 1. The van der Waals surface area contributed by atoms with Crippen molar-refractivity contribution in [3.8, 4) is 5.19 Å². The van der Waals surface area contributed by atoms with Crippen molar-refractivity contribution < 1.29 is 13.9 Å². The van der Waals surface area contributed by atoms with Crippen LogP contribution in [0.3, 0.4) is 0 Å². The van der Waals surface area contributed by atoms with E-state index < -0.39 is 5.67 Å². The van der Waals surface area contributed by atoms with Crippen LogP contribution in [0.2, 0.25) is 0 Å². The number of thiazole rings is 1. The third kappa shape index (κ3) is 6.61. The highest BCUT2D eigenvalue weighted by Gasteiger charge is 2.43. The van der Waals surface area contributed by atoms with Crippen molar-refractivity contribution in [2.45, 2.75) is 89.9 Å². The zero-order valence-electron chi connectivity index (χ0n) is 20.9. The number of alkyl halides is 1. The zero-order chi connectivity index (χ0) is 24.4. The largest absolute Gasteiger partial charge is 0.467 e. The van der Waals surface area contributed by atoms with Crippen LogP contribution < -0.4 is 10.1 Å². The maximum Gasteiger partial charge on any atom is 0.273 e. The molecule has 1 atom stereocenters. The van der Waals surface area contributed by atoms with E-state index in [0.717, 1.165) is 74.7 Å². The summed E-state index contributed by atoms with van der Waals surface area (Å²) in [6.45, 7) is 6.71. The number of hydrogen-bond acceptors (Lipinski definition) is 6. The smallest absolute Gasteiger partial charge is 0.273 e. The van der Waals surface area contributed by atoms with Crippen LogP contribution in [0.15, 0.2) is 6.07 Å². The molecule has 0 aromatic carbocycles. The fourth-order valence-electron chi connectivity index (χ4n) is 5.46. The molecule has 2 aromatic rings. The lowest BCUT2D eigenvalue weighted by Crippen LogP contribution is -2.39. The van der Waals surface area contributed by atoms with E-state index in [1.165, 1.54) is 24.1 Å². The Morgan fingerprint density at radius 3 is 2.83 bits per heavy atom. The minimum absolute atomic E-state index is 0.0689. The van der Waals surface area contributed by atoms with Gasteiger partial charge in [-0.1, -0.05) is 11.3 Å². The summed E-state index contributed by atoms with van der Waals surface area (Å²) in [5.74, 6) is 0.946. The molecule has 0 radical (unpaired) electrons. The van der Waals surface area contributed by atoms with Crippen LogP contribution in [0.1, 0.15) is 73.8 Å². The number of H-pyrrole nitrogens is 1. The van der Waals surface area contributed by atoms with Gasteiger partial charge >= 0.3 is 0 Å². The Morgan fingerprint density at radius 2 is 2.11 bits per heavy atom. The Balaban J connectivity index is 1.00. The molecule has 9 heteroatoms. The lowest BCUT2D eigenvalue weighted by molar-refractivity contribution is -0.121. The van der Waals surface area contributed by atoms with Crippen LogP contribution in [0, 0.1) is 18.8 Å². The normalized spacial score (nSPS) is 24.5. The highest BCUT2D eigenvalue weighted by atomic mass is 32.1. The number of fused-ring (bicyclic) bond motifs is 1. The zero-order valence-corrected chi connectivity index (χ0v) is 21.8. The third-order valence-electron chi connectivity index (χ3n) is 7.86. The first-order chi connectivity index (χ1) is 16.8. The second kappa shape index (κ2) is 10.5. The molecule has 0 saturated heterocycles. The second-order valence-electron chi connectivity index (χ2n) is 11.0. The highest BCUT2D eigenvalue weighted by Crippen LogP contribution is 2.42. The Labute approximate surface area is 211 Å². The molecule has 1 amide bonds. The van der Waals surface area contributed by atoms with Crippen molar-refractivity contribution in [2.24, 2.45) is 11.8 Å². The molecule has 2 aliphatic carbocycles. The van der Waals surface area contributed by atoms with Gasteiger partial charge in [0.2, 0.25) is 5.91 Å². The molecule has 7 nitrogen and oxygen atoms in total. The molecule has 3 heterocycles. The summed E-state index contributed by atoms with van der Waals surface area (Å²) >= 11 is 1.60. The van der Waals surface area contributed by atoms with Crippen molar-refractivity contribution in [3.05, 3.63) is 28.0 Å². The topological polar surface area (TPSA) is 83.1 Å². The summed E-state index contributed by atoms with van der Waals surface area (Å²) in [5, 5.41) is 10.9. The number of aryl methyl sites for hydroxylation is 1. The SMILES string of the molecule is Cc1cc(CC(=O)NC2CCC(CCN3CCc4sc(OCC(C)(F)C5CC5)nc4C3)CC2)n[nH]1. The number of halogens is 1. The fourth-order valence-corrected chi connectivity index (χ4v) is 6.36. The van der Waals surface area contributed by atoms with Gasteiger partial charge in [0.15, 0.2) is 0 Å². The molecule has 1 aliphatic heterocycles. The Kier molecular flexibility index (Phi) is 7.44. The molecule has 2 N–H and O–H groups in total. The van der Waals surface area contributed by atoms with Gasteiger partial charge in [-0.3, -0.25) is 14.8 Å². The van der Waals surface area contributed by atoms with E-state index in [-0.39, 0.29) is 24.5 Å². The molecule has 192 valence electrons. The van der Waals surface area contributed by atoms with E-state index >= 15 is 0 Å². The summed E-state index contributed by atoms with van der Waals surface area (Å²) in [5.41, 5.74) is 1.66. The number of hydrogen-bond donors (Lipinski definition) is 2. The maximum atomic E-state index is 14.6. The van der Waals surface area contributed by atoms with Crippen LogP contribution in [-0.4, -0.2) is 57.4 Å². The molecule has 2 aromatic heterocycles. The monoisotopic (exact) mass is 503 g/mol. The summed E-state index contributed by atoms with van der Waals surface area (Å²) in [4.78, 5) is 20.8. The lowest BCUT2D eigenvalue weighted by atomic mass is 9.84. The quantitative estimate of drug-likeness (QED) is 0.504. The third-order valence-corrected chi connectivity index (χ3v) is 8.93. The number of rotatable bonds is 10. The Morgan fingerprint density at radius 1 is 1.31 bits per heavy atom. The van der Waals surface area contributed by atoms with Gasteiger partial charge in [0, 0.05) is 29.7 Å². The Hall–Kier alpha value is -2.00. The van der Waals surface area contributed by atoms with Gasteiger partial charge < -0.3 is 10.1 Å². The average Bonchev–Trinajstić information content (AvgIpc) is 3.51. The van der Waals surface area contributed by atoms with Crippen LogP contribution in [-0.2, 0) is 24.2 Å². The molecule has 2 saturated carbocycles. The summed E-state index contributed by atoms with van der Waals surface area (Å²) in [6.07, 6.45) is 8.94. The number of aromatic nitrogens is 3. The van der Waals surface area contributed by atoms with Crippen LogP contribution in [0.4, 0.5) is 4.39 Å². The van der Waals surface area contributed by atoms with E-state index in [1.807, 2.05) is 13.0 Å². The summed E-state index contributed by atoms with van der Waals surface area (Å²) < 4.78 is 20.3.